The van der Waals surface area contributed by atoms with Gasteiger partial charge in [0.1, 0.15) is 16.7 Å². The van der Waals surface area contributed by atoms with Crippen molar-refractivity contribution in [3.63, 3.8) is 0 Å². The first-order valence-corrected chi connectivity index (χ1v) is 14.3. The van der Waals surface area contributed by atoms with E-state index in [2.05, 4.69) is 6.07 Å². The van der Waals surface area contributed by atoms with Crippen molar-refractivity contribution in [3.05, 3.63) is 69.1 Å². The van der Waals surface area contributed by atoms with Gasteiger partial charge in [-0.1, -0.05) is 48.2 Å². The molecule has 2 rings (SSSR count). The largest absolute Gasteiger partial charge is 0.481 e. The number of ether oxygens (including phenoxy) is 2. The maximum Gasteiger partial charge on any atom is 0.345 e. The van der Waals surface area contributed by atoms with Crippen molar-refractivity contribution in [1.82, 2.24) is 4.90 Å². The molecule has 0 radical (unpaired) electrons. The van der Waals surface area contributed by atoms with Gasteiger partial charge >= 0.3 is 23.9 Å². The summed E-state index contributed by atoms with van der Waals surface area (Å²) >= 11 is 2.38. The molecule has 3 unspecified atom stereocenters. The average Bonchev–Trinajstić information content (AvgIpc) is 3.09. The molecule has 10 nitrogen and oxygen atoms in total. The van der Waals surface area contributed by atoms with Crippen LogP contribution in [0.5, 0.6) is 0 Å². The summed E-state index contributed by atoms with van der Waals surface area (Å²) in [6.45, 7) is 3.64. The summed E-state index contributed by atoms with van der Waals surface area (Å²) in [5.41, 5.74) is 0.523. The molecule has 12 heteroatoms. The number of esters is 2. The van der Waals surface area contributed by atoms with Crippen LogP contribution in [0.2, 0.25) is 0 Å². The van der Waals surface area contributed by atoms with Crippen LogP contribution in [0.1, 0.15) is 33.1 Å². The lowest BCUT2D eigenvalue weighted by Crippen LogP contribution is -2.35. The van der Waals surface area contributed by atoms with Crippen molar-refractivity contribution >= 4 is 47.4 Å². The van der Waals surface area contributed by atoms with Gasteiger partial charge in [-0.25, -0.2) is 9.59 Å². The van der Waals surface area contributed by atoms with Gasteiger partial charge in [-0.15, -0.1) is 11.8 Å². The summed E-state index contributed by atoms with van der Waals surface area (Å²) in [6.07, 6.45) is 17.1. The number of hydrogen-bond donors (Lipinski definition) is 2. The third-order valence-electron chi connectivity index (χ3n) is 5.83. The molecule has 0 aliphatic carbocycles. The van der Waals surface area contributed by atoms with Gasteiger partial charge in [0, 0.05) is 6.20 Å². The predicted octanol–water partition coefficient (Wildman–Crippen LogP) is 4.85. The second kappa shape index (κ2) is 17.8. The molecule has 40 heavy (non-hydrogen) atoms. The van der Waals surface area contributed by atoms with Crippen molar-refractivity contribution in [2.24, 2.45) is 11.8 Å². The molecule has 2 heterocycles. The molecule has 2 aliphatic rings. The molecule has 0 aromatic carbocycles. The van der Waals surface area contributed by atoms with E-state index in [0.29, 0.717) is 22.8 Å². The maximum absolute atomic E-state index is 12.3. The third-order valence-corrected chi connectivity index (χ3v) is 8.11. The number of carboxylic acid groups (broad SMARTS) is 2. The van der Waals surface area contributed by atoms with E-state index in [-0.39, 0.29) is 16.9 Å². The molecule has 0 saturated carbocycles. The topological polar surface area (TPSA) is 154 Å². The van der Waals surface area contributed by atoms with Crippen LogP contribution in [0, 0.1) is 23.2 Å². The standard InChI is InChI=1S/C15H14N2O4S2.C13H20O4/c1-20-13(18)11-9-6-4-5-7-17(9)10(8-16)15(22-3)23-12(11)14(19)21-2;1-3-5-7-9-11(13(16)17)10(12(14)15)8-6-4-2/h4-7,9H,1-3H3;3-6,10-11H,7-9H2,1-2H3,(H,14,15)(H,16,17). The number of nitrogens with zero attached hydrogens (tertiary/aromatic N) is 2. The predicted molar refractivity (Wildman–Crippen MR) is 154 cm³/mol. The highest BCUT2D eigenvalue weighted by molar-refractivity contribution is 8.24. The Labute approximate surface area is 242 Å². The van der Waals surface area contributed by atoms with E-state index in [4.69, 9.17) is 19.7 Å². The number of carboxylic acids is 2. The van der Waals surface area contributed by atoms with Crippen LogP contribution < -0.4 is 0 Å². The minimum Gasteiger partial charge on any atom is -0.481 e. The van der Waals surface area contributed by atoms with E-state index in [1.165, 1.54) is 26.0 Å². The number of aliphatic carboxylic acids is 2. The number of allylic oxidation sites excluding steroid dienone is 7. The first-order chi connectivity index (χ1) is 19.1. The maximum atomic E-state index is 12.3. The lowest BCUT2D eigenvalue weighted by atomic mass is 9.86. The van der Waals surface area contributed by atoms with Crippen LogP contribution in [0.3, 0.4) is 0 Å². The number of carbonyl (C=O) groups excluding carboxylic acids is 2. The van der Waals surface area contributed by atoms with Gasteiger partial charge in [-0.2, -0.15) is 5.26 Å². The van der Waals surface area contributed by atoms with Crippen LogP contribution in [-0.2, 0) is 28.7 Å². The molecule has 0 spiro atoms. The molecule has 0 aromatic heterocycles. The zero-order chi connectivity index (χ0) is 30.2. The molecule has 0 saturated heterocycles. The molecular formula is C28H34N2O8S2. The zero-order valence-corrected chi connectivity index (χ0v) is 24.7. The van der Waals surface area contributed by atoms with Crippen molar-refractivity contribution in [2.45, 2.75) is 39.2 Å². The molecule has 0 fully saturated rings. The zero-order valence-electron chi connectivity index (χ0n) is 23.0. The van der Waals surface area contributed by atoms with Crippen molar-refractivity contribution in [2.75, 3.05) is 20.5 Å². The first kappa shape index (κ1) is 34.3. The van der Waals surface area contributed by atoms with Gasteiger partial charge < -0.3 is 24.6 Å². The average molecular weight is 591 g/mol. The number of nitriles is 1. The van der Waals surface area contributed by atoms with Crippen LogP contribution in [0.4, 0.5) is 0 Å². The summed E-state index contributed by atoms with van der Waals surface area (Å²) in [4.78, 5) is 48.4. The van der Waals surface area contributed by atoms with Crippen molar-refractivity contribution in [3.8, 4) is 6.07 Å². The highest BCUT2D eigenvalue weighted by Gasteiger charge is 2.38. The first-order valence-electron chi connectivity index (χ1n) is 12.2. The summed E-state index contributed by atoms with van der Waals surface area (Å²) in [6, 6.07) is 1.54. The molecule has 0 aromatic rings. The van der Waals surface area contributed by atoms with E-state index in [0.717, 1.165) is 11.8 Å². The molecule has 0 amide bonds. The summed E-state index contributed by atoms with van der Waals surface area (Å²) in [7, 11) is 2.50. The Morgan fingerprint density at radius 1 is 1.07 bits per heavy atom. The highest BCUT2D eigenvalue weighted by atomic mass is 32.2. The Balaban J connectivity index is 0.000000421. The lowest BCUT2D eigenvalue weighted by Gasteiger charge is -2.29. The quantitative estimate of drug-likeness (QED) is 0.250. The second-order valence-corrected chi connectivity index (χ2v) is 10.3. The van der Waals surface area contributed by atoms with Gasteiger partial charge in [0.2, 0.25) is 0 Å². The van der Waals surface area contributed by atoms with Crippen LogP contribution in [0.15, 0.2) is 69.1 Å². The minimum atomic E-state index is -1.05. The van der Waals surface area contributed by atoms with Gasteiger partial charge in [-0.05, 0) is 45.4 Å². The molecule has 216 valence electrons. The number of fused-ring (bicyclic) bond motifs is 1. The Bertz CT molecular complexity index is 1180. The van der Waals surface area contributed by atoms with E-state index in [1.54, 1.807) is 54.7 Å². The number of rotatable bonds is 11. The van der Waals surface area contributed by atoms with Crippen LogP contribution >= 0.6 is 23.5 Å². The van der Waals surface area contributed by atoms with E-state index >= 15 is 0 Å². The molecule has 0 bridgehead atoms. The fourth-order valence-electron chi connectivity index (χ4n) is 3.85. The van der Waals surface area contributed by atoms with E-state index in [9.17, 15) is 24.4 Å². The number of hydrogen-bond acceptors (Lipinski definition) is 10. The summed E-state index contributed by atoms with van der Waals surface area (Å²) in [5.74, 6) is -5.03. The Hall–Kier alpha value is -3.69. The fraction of sp³-hybridized carbons (Fsp3) is 0.393. The normalized spacial score (nSPS) is 17.9. The van der Waals surface area contributed by atoms with Crippen molar-refractivity contribution < 1.29 is 38.9 Å². The Kier molecular flexibility index (Phi) is 15.3. The van der Waals surface area contributed by atoms with Crippen LogP contribution in [0.25, 0.3) is 0 Å². The Morgan fingerprint density at radius 3 is 2.20 bits per heavy atom. The second-order valence-electron chi connectivity index (χ2n) is 8.20. The highest BCUT2D eigenvalue weighted by Crippen LogP contribution is 2.44. The smallest absolute Gasteiger partial charge is 0.345 e. The monoisotopic (exact) mass is 590 g/mol. The van der Waals surface area contributed by atoms with E-state index in [1.807, 2.05) is 19.1 Å². The molecular weight excluding hydrogens is 556 g/mol. The lowest BCUT2D eigenvalue weighted by molar-refractivity contribution is -0.153. The summed E-state index contributed by atoms with van der Waals surface area (Å²) < 4.78 is 10.3. The van der Waals surface area contributed by atoms with Gasteiger partial charge in [0.05, 0.1) is 41.9 Å². The van der Waals surface area contributed by atoms with Gasteiger partial charge in [0.15, 0.2) is 0 Å². The van der Waals surface area contributed by atoms with Gasteiger partial charge in [-0.3, -0.25) is 9.59 Å². The molecule has 2 N–H and O–H groups in total. The SMILES string of the molecule is CC=CCCC(C(=O)O)C(CC=CC)C(=O)O.COC(=O)C1=C(C(=O)OC)C2C=CC=CN2C(C#N)=C(SC)S1. The van der Waals surface area contributed by atoms with Gasteiger partial charge in [0.25, 0.3) is 0 Å². The molecule has 3 atom stereocenters. The van der Waals surface area contributed by atoms with E-state index < -0.39 is 41.8 Å². The van der Waals surface area contributed by atoms with Crippen molar-refractivity contribution in [1.29, 1.82) is 5.26 Å². The third kappa shape index (κ3) is 9.20. The minimum absolute atomic E-state index is 0.129. The number of methoxy groups -OCH3 is 2. The fourth-order valence-corrected chi connectivity index (χ4v) is 5.69. The molecule has 2 aliphatic heterocycles. The Morgan fingerprint density at radius 2 is 1.70 bits per heavy atom. The summed E-state index contributed by atoms with van der Waals surface area (Å²) in [5, 5.41) is 27.7. The van der Waals surface area contributed by atoms with Crippen LogP contribution in [-0.4, -0.2) is 65.5 Å². The number of thioether (sulfide) groups is 2. The number of carbonyl (C=O) groups is 4.